The van der Waals surface area contributed by atoms with Crippen molar-refractivity contribution in [1.82, 2.24) is 4.98 Å². The number of morpholine rings is 1. The quantitative estimate of drug-likeness (QED) is 0.826. The average molecular weight is 266 g/mol. The predicted octanol–water partition coefficient (Wildman–Crippen LogP) is 0.947. The monoisotopic (exact) mass is 266 g/mol. The van der Waals surface area contributed by atoms with Gasteiger partial charge in [-0.15, -0.1) is 0 Å². The van der Waals surface area contributed by atoms with Crippen LogP contribution in [0.15, 0.2) is 12.3 Å². The first-order valence-electron chi connectivity index (χ1n) is 6.54. The van der Waals surface area contributed by atoms with Gasteiger partial charge in [-0.2, -0.15) is 0 Å². The van der Waals surface area contributed by atoms with Gasteiger partial charge in [0, 0.05) is 32.3 Å². The van der Waals surface area contributed by atoms with Gasteiger partial charge < -0.3 is 25.4 Å². The fraction of sp³-hybridized carbons (Fsp3) is 0.615. The van der Waals surface area contributed by atoms with Crippen molar-refractivity contribution in [2.45, 2.75) is 13.0 Å². The van der Waals surface area contributed by atoms with Gasteiger partial charge in [0.1, 0.15) is 5.82 Å². The molecule has 1 atom stereocenters. The number of hydrogen-bond donors (Lipinski definition) is 2. The van der Waals surface area contributed by atoms with Crippen molar-refractivity contribution in [2.75, 3.05) is 56.0 Å². The molecular weight excluding hydrogens is 244 g/mol. The number of nitrogens with zero attached hydrogens (tertiary/aromatic N) is 2. The van der Waals surface area contributed by atoms with Gasteiger partial charge in [-0.25, -0.2) is 4.98 Å². The van der Waals surface area contributed by atoms with E-state index in [1.807, 2.05) is 6.07 Å². The molecule has 2 heterocycles. The first-order valence-corrected chi connectivity index (χ1v) is 6.54. The van der Waals surface area contributed by atoms with Gasteiger partial charge in [0.25, 0.3) is 0 Å². The molecule has 0 radical (unpaired) electrons. The lowest BCUT2D eigenvalue weighted by molar-refractivity contribution is 0.122. The molecule has 6 nitrogen and oxygen atoms in total. The largest absolute Gasteiger partial charge is 0.396 e. The summed E-state index contributed by atoms with van der Waals surface area (Å²) in [4.78, 5) is 6.59. The number of pyridine rings is 1. The third-order valence-corrected chi connectivity index (χ3v) is 3.07. The second-order valence-electron chi connectivity index (χ2n) is 4.73. The first-order chi connectivity index (χ1) is 9.20. The molecule has 1 aromatic rings. The summed E-state index contributed by atoms with van der Waals surface area (Å²) in [5, 5.41) is 3.34. The van der Waals surface area contributed by atoms with Gasteiger partial charge in [-0.05, 0) is 6.92 Å². The van der Waals surface area contributed by atoms with Crippen LogP contribution in [0, 0.1) is 0 Å². The number of hydrogen-bond acceptors (Lipinski definition) is 6. The van der Waals surface area contributed by atoms with Gasteiger partial charge in [0.15, 0.2) is 0 Å². The molecule has 6 heteroatoms. The maximum Gasteiger partial charge on any atom is 0.130 e. The Morgan fingerprint density at radius 3 is 2.95 bits per heavy atom. The summed E-state index contributed by atoms with van der Waals surface area (Å²) in [5.74, 6) is 0.935. The number of nitrogens with two attached hydrogens (primary N) is 1. The van der Waals surface area contributed by atoms with Crippen molar-refractivity contribution < 1.29 is 9.47 Å². The van der Waals surface area contributed by atoms with Crippen LogP contribution in [0.5, 0.6) is 0 Å². The molecule has 0 amide bonds. The van der Waals surface area contributed by atoms with Crippen LogP contribution < -0.4 is 16.0 Å². The smallest absolute Gasteiger partial charge is 0.130 e. The fourth-order valence-electron chi connectivity index (χ4n) is 2.10. The molecule has 1 saturated heterocycles. The molecular formula is C13H22N4O2. The van der Waals surface area contributed by atoms with E-state index in [-0.39, 0.29) is 6.04 Å². The molecule has 2 rings (SSSR count). The molecule has 3 N–H and O–H groups in total. The van der Waals surface area contributed by atoms with Gasteiger partial charge >= 0.3 is 0 Å². The van der Waals surface area contributed by atoms with E-state index in [4.69, 9.17) is 15.2 Å². The number of rotatable bonds is 5. The predicted molar refractivity (Wildman–Crippen MR) is 76.6 cm³/mol. The number of nitrogen functional groups attached to an aromatic ring is 1. The van der Waals surface area contributed by atoms with Crippen LogP contribution in [-0.4, -0.2) is 51.0 Å². The van der Waals surface area contributed by atoms with Crippen molar-refractivity contribution in [2.24, 2.45) is 0 Å². The Kier molecular flexibility index (Phi) is 4.81. The lowest BCUT2D eigenvalue weighted by atomic mass is 10.2. The van der Waals surface area contributed by atoms with Crippen LogP contribution >= 0.6 is 0 Å². The van der Waals surface area contributed by atoms with Gasteiger partial charge in [0.2, 0.25) is 0 Å². The highest BCUT2D eigenvalue weighted by Crippen LogP contribution is 2.24. The number of methoxy groups -OCH3 is 1. The summed E-state index contributed by atoms with van der Waals surface area (Å²) in [6.07, 6.45) is 1.70. The highest BCUT2D eigenvalue weighted by molar-refractivity contribution is 5.69. The lowest BCUT2D eigenvalue weighted by Crippen LogP contribution is -2.36. The maximum atomic E-state index is 5.95. The minimum Gasteiger partial charge on any atom is -0.396 e. The van der Waals surface area contributed by atoms with Crippen molar-refractivity contribution in [3.8, 4) is 0 Å². The molecule has 106 valence electrons. The van der Waals surface area contributed by atoms with Gasteiger partial charge in [-0.3, -0.25) is 0 Å². The van der Waals surface area contributed by atoms with Crippen molar-refractivity contribution >= 4 is 17.2 Å². The van der Waals surface area contributed by atoms with Gasteiger partial charge in [0.05, 0.1) is 37.4 Å². The Morgan fingerprint density at radius 1 is 1.53 bits per heavy atom. The molecule has 1 fully saturated rings. The topological polar surface area (TPSA) is 72.6 Å². The summed E-state index contributed by atoms with van der Waals surface area (Å²) >= 11 is 0. The Balaban J connectivity index is 2.09. The van der Waals surface area contributed by atoms with Crippen LogP contribution in [-0.2, 0) is 9.47 Å². The van der Waals surface area contributed by atoms with E-state index < -0.39 is 0 Å². The molecule has 0 saturated carbocycles. The van der Waals surface area contributed by atoms with E-state index in [0.717, 1.165) is 37.8 Å². The number of ether oxygens (including phenoxy) is 2. The Hall–Kier alpha value is -1.53. The van der Waals surface area contributed by atoms with Crippen LogP contribution in [0.3, 0.4) is 0 Å². The number of nitrogens with one attached hydrogen (secondary N) is 1. The third kappa shape index (κ3) is 3.71. The highest BCUT2D eigenvalue weighted by atomic mass is 16.5. The molecule has 0 bridgehead atoms. The first kappa shape index (κ1) is 13.9. The highest BCUT2D eigenvalue weighted by Gasteiger charge is 2.14. The molecule has 0 spiro atoms. The van der Waals surface area contributed by atoms with E-state index in [9.17, 15) is 0 Å². The van der Waals surface area contributed by atoms with Crippen LogP contribution in [0.1, 0.15) is 6.92 Å². The zero-order valence-corrected chi connectivity index (χ0v) is 11.6. The lowest BCUT2D eigenvalue weighted by Gasteiger charge is -2.28. The van der Waals surface area contributed by atoms with E-state index in [1.54, 1.807) is 13.3 Å². The molecule has 1 aromatic heterocycles. The van der Waals surface area contributed by atoms with Crippen LogP contribution in [0.4, 0.5) is 17.2 Å². The van der Waals surface area contributed by atoms with Gasteiger partial charge in [-0.1, -0.05) is 0 Å². The molecule has 1 unspecified atom stereocenters. The van der Waals surface area contributed by atoms with Crippen LogP contribution in [0.25, 0.3) is 0 Å². The summed E-state index contributed by atoms with van der Waals surface area (Å²) in [6.45, 7) is 5.91. The zero-order valence-electron chi connectivity index (χ0n) is 11.6. The standard InChI is InChI=1S/C13H22N4O2/c1-10(9-18-2)16-12-7-13(15-8-11(12)14)17-3-5-19-6-4-17/h7-8,10H,3-6,9,14H2,1-2H3,(H,15,16). The molecule has 0 aliphatic carbocycles. The minimum atomic E-state index is 0.201. The van der Waals surface area contributed by atoms with E-state index in [2.05, 4.69) is 22.1 Å². The van der Waals surface area contributed by atoms with Crippen molar-refractivity contribution in [1.29, 1.82) is 0 Å². The molecule has 19 heavy (non-hydrogen) atoms. The van der Waals surface area contributed by atoms with E-state index in [1.165, 1.54) is 0 Å². The Morgan fingerprint density at radius 2 is 2.26 bits per heavy atom. The third-order valence-electron chi connectivity index (χ3n) is 3.07. The summed E-state index contributed by atoms with van der Waals surface area (Å²) in [7, 11) is 1.69. The SMILES string of the molecule is COCC(C)Nc1cc(N2CCOCC2)ncc1N. The second-order valence-corrected chi connectivity index (χ2v) is 4.73. The molecule has 0 aromatic carbocycles. The number of anilines is 3. The summed E-state index contributed by atoms with van der Waals surface area (Å²) < 4.78 is 10.5. The zero-order chi connectivity index (χ0) is 13.7. The Bertz CT molecular complexity index is 408. The number of aromatic nitrogens is 1. The van der Waals surface area contributed by atoms with Crippen molar-refractivity contribution in [3.05, 3.63) is 12.3 Å². The van der Waals surface area contributed by atoms with Crippen LogP contribution in [0.2, 0.25) is 0 Å². The summed E-state index contributed by atoms with van der Waals surface area (Å²) in [5.41, 5.74) is 7.51. The average Bonchev–Trinajstić information content (AvgIpc) is 2.42. The van der Waals surface area contributed by atoms with Crippen molar-refractivity contribution in [3.63, 3.8) is 0 Å². The molecule has 1 aliphatic rings. The molecule has 1 aliphatic heterocycles. The summed E-state index contributed by atoms with van der Waals surface area (Å²) in [6, 6.07) is 2.19. The normalized spacial score (nSPS) is 17.3. The van der Waals surface area contributed by atoms with E-state index >= 15 is 0 Å². The maximum absolute atomic E-state index is 5.95. The fourth-order valence-corrected chi connectivity index (χ4v) is 2.10. The second kappa shape index (κ2) is 6.58. The Labute approximate surface area is 113 Å². The minimum absolute atomic E-state index is 0.201. The van der Waals surface area contributed by atoms with E-state index in [0.29, 0.717) is 12.3 Å².